The predicted octanol–water partition coefficient (Wildman–Crippen LogP) is 3.53. The van der Waals surface area contributed by atoms with Crippen molar-refractivity contribution in [3.05, 3.63) is 64.2 Å². The first-order valence-electron chi connectivity index (χ1n) is 10.1. The van der Waals surface area contributed by atoms with E-state index in [0.717, 1.165) is 41.4 Å². The quantitative estimate of drug-likeness (QED) is 0.692. The Morgan fingerprint density at radius 2 is 2.07 bits per heavy atom. The van der Waals surface area contributed by atoms with Gasteiger partial charge in [-0.15, -0.1) is 0 Å². The van der Waals surface area contributed by atoms with E-state index in [1.807, 2.05) is 44.2 Å². The number of rotatable bonds is 8. The molecule has 0 aliphatic carbocycles. The summed E-state index contributed by atoms with van der Waals surface area (Å²) in [5.74, 6) is 0.987. The molecule has 1 heterocycles. The van der Waals surface area contributed by atoms with Crippen LogP contribution in [0.4, 0.5) is 0 Å². The maximum atomic E-state index is 12.6. The second-order valence-corrected chi connectivity index (χ2v) is 7.96. The first-order chi connectivity index (χ1) is 14.0. The molecule has 2 aromatic carbocycles. The monoisotopic (exact) mass is 415 g/mol. The number of benzene rings is 2. The molecule has 6 heteroatoms. The minimum Gasteiger partial charge on any atom is -0.496 e. The fourth-order valence-electron chi connectivity index (χ4n) is 3.95. The van der Waals surface area contributed by atoms with Crippen LogP contribution in [-0.4, -0.2) is 43.1 Å². The third kappa shape index (κ3) is 5.50. The first kappa shape index (κ1) is 21.6. The van der Waals surface area contributed by atoms with Gasteiger partial charge in [-0.1, -0.05) is 41.9 Å². The Morgan fingerprint density at radius 1 is 1.28 bits per heavy atom. The number of hydrogen-bond acceptors (Lipinski definition) is 4. The molecule has 0 bridgehead atoms. The predicted molar refractivity (Wildman–Crippen MR) is 117 cm³/mol. The summed E-state index contributed by atoms with van der Waals surface area (Å²) in [5.41, 5.74) is 3.39. The van der Waals surface area contributed by atoms with E-state index in [2.05, 4.69) is 27.7 Å². The van der Waals surface area contributed by atoms with E-state index < -0.39 is 0 Å². The lowest BCUT2D eigenvalue weighted by atomic mass is 10.1. The lowest BCUT2D eigenvalue weighted by Crippen LogP contribution is -2.42. The lowest BCUT2D eigenvalue weighted by molar-refractivity contribution is -0.125. The van der Waals surface area contributed by atoms with Crippen LogP contribution in [0.2, 0.25) is 5.02 Å². The van der Waals surface area contributed by atoms with Crippen molar-refractivity contribution in [2.24, 2.45) is 0 Å². The van der Waals surface area contributed by atoms with E-state index >= 15 is 0 Å². The van der Waals surface area contributed by atoms with Crippen LogP contribution in [0.15, 0.2) is 42.5 Å². The molecule has 1 aliphatic rings. The fourth-order valence-corrected chi connectivity index (χ4v) is 4.14. The van der Waals surface area contributed by atoms with Gasteiger partial charge in [-0.2, -0.15) is 0 Å². The van der Waals surface area contributed by atoms with E-state index in [4.69, 9.17) is 16.3 Å². The van der Waals surface area contributed by atoms with E-state index in [1.54, 1.807) is 7.11 Å². The number of hydrogen-bond donors (Lipinski definition) is 2. The lowest BCUT2D eigenvalue weighted by Gasteiger charge is -2.23. The Balaban J connectivity index is 1.66. The third-order valence-electron chi connectivity index (χ3n) is 5.44. The molecular formula is C23H30ClN3O2. The minimum absolute atomic E-state index is 0.0872. The van der Waals surface area contributed by atoms with Crippen LogP contribution in [-0.2, 0) is 17.9 Å². The molecule has 1 aliphatic heterocycles. The van der Waals surface area contributed by atoms with Gasteiger partial charge in [0.15, 0.2) is 0 Å². The Morgan fingerprint density at radius 3 is 2.76 bits per heavy atom. The van der Waals surface area contributed by atoms with Gasteiger partial charge in [0, 0.05) is 37.2 Å². The molecule has 2 N–H and O–H groups in total. The Labute approximate surface area is 178 Å². The van der Waals surface area contributed by atoms with Crippen molar-refractivity contribution in [1.82, 2.24) is 15.5 Å². The van der Waals surface area contributed by atoms with E-state index in [1.165, 1.54) is 5.56 Å². The van der Waals surface area contributed by atoms with Crippen LogP contribution < -0.4 is 15.4 Å². The number of carbonyl (C=O) groups excluding carboxylic acids is 1. The Kier molecular flexibility index (Phi) is 7.53. The summed E-state index contributed by atoms with van der Waals surface area (Å²) in [6.45, 7) is 6.88. The molecular weight excluding hydrogens is 386 g/mol. The van der Waals surface area contributed by atoms with Gasteiger partial charge in [0.25, 0.3) is 0 Å². The summed E-state index contributed by atoms with van der Waals surface area (Å²) in [4.78, 5) is 14.9. The van der Waals surface area contributed by atoms with Crippen LogP contribution in [0.5, 0.6) is 5.75 Å². The fraction of sp³-hybridized carbons (Fsp3) is 0.435. The third-order valence-corrected chi connectivity index (χ3v) is 5.81. The highest BCUT2D eigenvalue weighted by Crippen LogP contribution is 2.25. The van der Waals surface area contributed by atoms with Gasteiger partial charge in [0.2, 0.25) is 5.91 Å². The maximum Gasteiger partial charge on any atom is 0.237 e. The highest BCUT2D eigenvalue weighted by atomic mass is 35.5. The smallest absolute Gasteiger partial charge is 0.237 e. The molecule has 156 valence electrons. The van der Waals surface area contributed by atoms with E-state index in [-0.39, 0.29) is 18.0 Å². The van der Waals surface area contributed by atoms with Gasteiger partial charge in [0.05, 0.1) is 13.2 Å². The van der Waals surface area contributed by atoms with Gasteiger partial charge in [0.1, 0.15) is 5.75 Å². The van der Waals surface area contributed by atoms with E-state index in [0.29, 0.717) is 13.1 Å². The van der Waals surface area contributed by atoms with Crippen molar-refractivity contribution in [2.75, 3.05) is 20.2 Å². The number of likely N-dealkylation sites (N-methyl/N-ethyl adjacent to an activating group) is 1. The van der Waals surface area contributed by atoms with Crippen LogP contribution in [0.1, 0.15) is 30.0 Å². The number of halogens is 1. The normalized spacial score (nSPS) is 19.3. The molecule has 0 aromatic heterocycles. The number of nitrogens with zero attached hydrogens (tertiary/aromatic N) is 1. The first-order valence-corrected chi connectivity index (χ1v) is 10.5. The molecule has 3 rings (SSSR count). The topological polar surface area (TPSA) is 53.6 Å². The van der Waals surface area contributed by atoms with Gasteiger partial charge < -0.3 is 15.4 Å². The van der Waals surface area contributed by atoms with Crippen molar-refractivity contribution in [2.45, 2.75) is 45.4 Å². The average molecular weight is 416 g/mol. The van der Waals surface area contributed by atoms with Crippen LogP contribution in [0.25, 0.3) is 0 Å². The molecule has 0 unspecified atom stereocenters. The number of likely N-dealkylation sites (tertiary alicyclic amines) is 1. The highest BCUT2D eigenvalue weighted by molar-refractivity contribution is 6.31. The van der Waals surface area contributed by atoms with Gasteiger partial charge in [-0.3, -0.25) is 9.69 Å². The van der Waals surface area contributed by atoms with Crippen LogP contribution >= 0.6 is 11.6 Å². The number of ether oxygens (including phenoxy) is 1. The van der Waals surface area contributed by atoms with Crippen LogP contribution in [0.3, 0.4) is 0 Å². The summed E-state index contributed by atoms with van der Waals surface area (Å²) < 4.78 is 5.34. The molecule has 2 aromatic rings. The number of amides is 1. The summed E-state index contributed by atoms with van der Waals surface area (Å²) in [7, 11) is 1.69. The number of carbonyl (C=O) groups is 1. The molecule has 29 heavy (non-hydrogen) atoms. The van der Waals surface area contributed by atoms with Crippen LogP contribution in [0, 0.1) is 6.92 Å². The highest BCUT2D eigenvalue weighted by Gasteiger charge is 2.36. The van der Waals surface area contributed by atoms with Crippen molar-refractivity contribution in [3.63, 3.8) is 0 Å². The molecule has 0 saturated carbocycles. The minimum atomic E-state index is -0.152. The molecule has 1 fully saturated rings. The second kappa shape index (κ2) is 10.1. The summed E-state index contributed by atoms with van der Waals surface area (Å²) in [5, 5.41) is 7.34. The molecule has 5 nitrogen and oxygen atoms in total. The largest absolute Gasteiger partial charge is 0.496 e. The zero-order valence-electron chi connectivity index (χ0n) is 17.4. The zero-order chi connectivity index (χ0) is 20.8. The maximum absolute atomic E-state index is 12.6. The summed E-state index contributed by atoms with van der Waals surface area (Å²) in [6.07, 6.45) is 0.783. The number of methoxy groups -OCH3 is 1. The molecule has 0 spiro atoms. The van der Waals surface area contributed by atoms with Gasteiger partial charge in [-0.05, 0) is 49.1 Å². The average Bonchev–Trinajstić information content (AvgIpc) is 3.11. The number of nitrogens with one attached hydrogen (secondary N) is 2. The van der Waals surface area contributed by atoms with Crippen molar-refractivity contribution < 1.29 is 9.53 Å². The van der Waals surface area contributed by atoms with Gasteiger partial charge >= 0.3 is 0 Å². The zero-order valence-corrected chi connectivity index (χ0v) is 18.1. The van der Waals surface area contributed by atoms with E-state index in [9.17, 15) is 4.79 Å². The number of aryl methyl sites for hydroxylation is 1. The molecule has 0 radical (unpaired) electrons. The second-order valence-electron chi connectivity index (χ2n) is 7.55. The Hall–Kier alpha value is -2.08. The van der Waals surface area contributed by atoms with Crippen molar-refractivity contribution in [1.29, 1.82) is 0 Å². The Bertz CT molecular complexity index is 843. The summed E-state index contributed by atoms with van der Waals surface area (Å²) in [6, 6.07) is 14.2. The standard InChI is InChI=1S/C23H30ClN3O2/c1-4-25-23(28)21-12-19(15-27(21)14-18-7-5-6-8-20(18)24)26-13-17-9-10-22(29-3)16(2)11-17/h5-11,19,21,26H,4,12-15H2,1-3H3,(H,25,28)/t19-,21-/m0/s1. The van der Waals surface area contributed by atoms with Gasteiger partial charge in [-0.25, -0.2) is 0 Å². The molecule has 2 atom stereocenters. The van der Waals surface area contributed by atoms with Crippen molar-refractivity contribution in [3.8, 4) is 5.75 Å². The molecule has 1 saturated heterocycles. The van der Waals surface area contributed by atoms with Crippen molar-refractivity contribution >= 4 is 17.5 Å². The SMILES string of the molecule is CCNC(=O)[C@@H]1C[C@H](NCc2ccc(OC)c(C)c2)CN1Cc1ccccc1Cl. The summed E-state index contributed by atoms with van der Waals surface area (Å²) >= 11 is 6.36. The molecule has 1 amide bonds.